The summed E-state index contributed by atoms with van der Waals surface area (Å²) >= 11 is 6.19. The minimum Gasteiger partial charge on any atom is -0.399 e. The monoisotopic (exact) mass is 253 g/mol. The number of nitrogen functional groups attached to an aromatic ring is 1. The predicted octanol–water partition coefficient (Wildman–Crippen LogP) is 2.06. The van der Waals surface area contributed by atoms with Crippen LogP contribution in [-0.4, -0.2) is 43.0 Å². The molecule has 1 aliphatic heterocycles. The normalized spacial score (nSPS) is 19.2. The lowest BCUT2D eigenvalue weighted by Gasteiger charge is -2.20. The molecule has 0 bridgehead atoms. The number of hydrogen-bond donors (Lipinski definition) is 1. The molecule has 1 aromatic carbocycles. The van der Waals surface area contributed by atoms with E-state index in [1.165, 1.54) is 13.0 Å². The Morgan fingerprint density at radius 3 is 2.88 bits per heavy atom. The Morgan fingerprint density at radius 1 is 1.24 bits per heavy atom. The number of likely N-dealkylation sites (N-methyl/N-ethyl adjacent to an activating group) is 1. The number of anilines is 1. The van der Waals surface area contributed by atoms with E-state index in [1.807, 2.05) is 18.2 Å². The van der Waals surface area contributed by atoms with E-state index in [4.69, 9.17) is 17.3 Å². The summed E-state index contributed by atoms with van der Waals surface area (Å²) in [5.41, 5.74) is 7.72. The molecule has 0 aliphatic carbocycles. The Morgan fingerprint density at radius 2 is 2.06 bits per heavy atom. The summed E-state index contributed by atoms with van der Waals surface area (Å²) in [6.45, 7) is 5.44. The van der Waals surface area contributed by atoms with Crippen LogP contribution in [0.25, 0.3) is 0 Å². The molecule has 1 aromatic rings. The Kier molecular flexibility index (Phi) is 4.26. The van der Waals surface area contributed by atoms with Gasteiger partial charge in [-0.3, -0.25) is 4.90 Å². The zero-order valence-electron chi connectivity index (χ0n) is 10.3. The van der Waals surface area contributed by atoms with E-state index in [-0.39, 0.29) is 0 Å². The molecule has 1 fully saturated rings. The Labute approximate surface area is 108 Å². The van der Waals surface area contributed by atoms with Gasteiger partial charge < -0.3 is 10.6 Å². The maximum absolute atomic E-state index is 6.19. The lowest BCUT2D eigenvalue weighted by molar-refractivity contribution is 0.269. The first-order valence-electron chi connectivity index (χ1n) is 6.10. The highest BCUT2D eigenvalue weighted by atomic mass is 35.5. The van der Waals surface area contributed by atoms with Gasteiger partial charge in [0.2, 0.25) is 0 Å². The minimum atomic E-state index is 0.788. The second-order valence-corrected chi connectivity index (χ2v) is 5.19. The molecule has 4 heteroatoms. The van der Waals surface area contributed by atoms with Gasteiger partial charge in [0, 0.05) is 30.3 Å². The molecule has 17 heavy (non-hydrogen) atoms. The van der Waals surface area contributed by atoms with E-state index in [9.17, 15) is 0 Å². The maximum Gasteiger partial charge on any atom is 0.0452 e. The fraction of sp³-hybridized carbons (Fsp3) is 0.538. The second-order valence-electron chi connectivity index (χ2n) is 4.78. The zero-order chi connectivity index (χ0) is 12.3. The molecule has 1 heterocycles. The predicted molar refractivity (Wildman–Crippen MR) is 73.3 cm³/mol. The van der Waals surface area contributed by atoms with Gasteiger partial charge in [0.15, 0.2) is 0 Å². The van der Waals surface area contributed by atoms with Gasteiger partial charge in [-0.1, -0.05) is 11.6 Å². The van der Waals surface area contributed by atoms with Gasteiger partial charge in [-0.25, -0.2) is 0 Å². The van der Waals surface area contributed by atoms with Gasteiger partial charge >= 0.3 is 0 Å². The number of hydrogen-bond acceptors (Lipinski definition) is 3. The largest absolute Gasteiger partial charge is 0.399 e. The van der Waals surface area contributed by atoms with Crippen molar-refractivity contribution in [2.45, 2.75) is 13.0 Å². The third-order valence-corrected chi connectivity index (χ3v) is 3.64. The van der Waals surface area contributed by atoms with Gasteiger partial charge in [-0.15, -0.1) is 0 Å². The van der Waals surface area contributed by atoms with Crippen molar-refractivity contribution in [3.05, 3.63) is 28.8 Å². The number of rotatable bonds is 2. The third kappa shape index (κ3) is 3.60. The minimum absolute atomic E-state index is 0.788. The zero-order valence-corrected chi connectivity index (χ0v) is 11.1. The smallest absolute Gasteiger partial charge is 0.0452 e. The molecule has 3 nitrogen and oxygen atoms in total. The first-order chi connectivity index (χ1) is 8.15. The van der Waals surface area contributed by atoms with E-state index >= 15 is 0 Å². The van der Waals surface area contributed by atoms with Crippen LogP contribution in [0, 0.1) is 0 Å². The van der Waals surface area contributed by atoms with E-state index in [2.05, 4.69) is 16.8 Å². The van der Waals surface area contributed by atoms with E-state index in [0.29, 0.717) is 0 Å². The topological polar surface area (TPSA) is 32.5 Å². The molecule has 0 saturated carbocycles. The van der Waals surface area contributed by atoms with Gasteiger partial charge in [0.05, 0.1) is 0 Å². The molecular weight excluding hydrogens is 234 g/mol. The van der Waals surface area contributed by atoms with Crippen molar-refractivity contribution >= 4 is 17.3 Å². The summed E-state index contributed by atoms with van der Waals surface area (Å²) in [5, 5.41) is 0.816. The molecular formula is C13H20ClN3. The summed E-state index contributed by atoms with van der Waals surface area (Å²) in [6.07, 6.45) is 1.22. The van der Waals surface area contributed by atoms with Crippen LogP contribution in [0.5, 0.6) is 0 Å². The standard InChI is InChI=1S/C13H20ClN3/c1-16-5-2-6-17(8-7-16)10-11-9-12(15)3-4-13(11)14/h3-4,9H,2,5-8,10,15H2,1H3. The van der Waals surface area contributed by atoms with Crippen molar-refractivity contribution in [3.8, 4) is 0 Å². The van der Waals surface area contributed by atoms with Gasteiger partial charge in [-0.2, -0.15) is 0 Å². The average molecular weight is 254 g/mol. The third-order valence-electron chi connectivity index (χ3n) is 3.28. The maximum atomic E-state index is 6.19. The molecule has 1 aliphatic rings. The van der Waals surface area contributed by atoms with Crippen LogP contribution < -0.4 is 5.73 Å². The number of nitrogens with zero attached hydrogens (tertiary/aromatic N) is 2. The highest BCUT2D eigenvalue weighted by Crippen LogP contribution is 2.21. The molecule has 1 saturated heterocycles. The van der Waals surface area contributed by atoms with Crippen LogP contribution in [0.3, 0.4) is 0 Å². The first kappa shape index (κ1) is 12.7. The van der Waals surface area contributed by atoms with Gasteiger partial charge in [0.1, 0.15) is 0 Å². The Balaban J connectivity index is 2.02. The van der Waals surface area contributed by atoms with E-state index < -0.39 is 0 Å². The fourth-order valence-electron chi connectivity index (χ4n) is 2.21. The Hall–Kier alpha value is -0.770. The summed E-state index contributed by atoms with van der Waals surface area (Å²) < 4.78 is 0. The molecule has 0 amide bonds. The summed E-state index contributed by atoms with van der Waals surface area (Å²) in [4.78, 5) is 4.82. The SMILES string of the molecule is CN1CCCN(Cc2cc(N)ccc2Cl)CC1. The quantitative estimate of drug-likeness (QED) is 0.819. The lowest BCUT2D eigenvalue weighted by Crippen LogP contribution is -2.28. The highest BCUT2D eigenvalue weighted by Gasteiger charge is 2.13. The van der Waals surface area contributed by atoms with Crippen LogP contribution in [0.4, 0.5) is 5.69 Å². The van der Waals surface area contributed by atoms with Crippen molar-refractivity contribution in [2.75, 3.05) is 39.0 Å². The summed E-state index contributed by atoms with van der Waals surface area (Å²) in [5.74, 6) is 0. The van der Waals surface area contributed by atoms with Crippen molar-refractivity contribution in [1.82, 2.24) is 9.80 Å². The van der Waals surface area contributed by atoms with Crippen molar-refractivity contribution < 1.29 is 0 Å². The van der Waals surface area contributed by atoms with Crippen molar-refractivity contribution in [1.29, 1.82) is 0 Å². The number of nitrogens with two attached hydrogens (primary N) is 1. The van der Waals surface area contributed by atoms with E-state index in [0.717, 1.165) is 42.5 Å². The summed E-state index contributed by atoms with van der Waals surface area (Å²) in [6, 6.07) is 5.72. The second kappa shape index (κ2) is 5.71. The molecule has 2 rings (SSSR count). The molecule has 0 spiro atoms. The van der Waals surface area contributed by atoms with Crippen LogP contribution in [0.15, 0.2) is 18.2 Å². The van der Waals surface area contributed by atoms with Crippen molar-refractivity contribution in [2.24, 2.45) is 0 Å². The summed E-state index contributed by atoms with van der Waals surface area (Å²) in [7, 11) is 2.18. The lowest BCUT2D eigenvalue weighted by atomic mass is 10.2. The molecule has 0 unspecified atom stereocenters. The number of halogens is 1. The van der Waals surface area contributed by atoms with Crippen molar-refractivity contribution in [3.63, 3.8) is 0 Å². The highest BCUT2D eigenvalue weighted by molar-refractivity contribution is 6.31. The van der Waals surface area contributed by atoms with Crippen LogP contribution in [0.2, 0.25) is 5.02 Å². The molecule has 0 radical (unpaired) electrons. The average Bonchev–Trinajstić information content (AvgIpc) is 2.49. The van der Waals surface area contributed by atoms with Crippen LogP contribution in [-0.2, 0) is 6.54 Å². The van der Waals surface area contributed by atoms with E-state index in [1.54, 1.807) is 0 Å². The molecule has 0 aromatic heterocycles. The number of benzene rings is 1. The van der Waals surface area contributed by atoms with Crippen LogP contribution >= 0.6 is 11.6 Å². The van der Waals surface area contributed by atoms with Crippen LogP contribution in [0.1, 0.15) is 12.0 Å². The Bertz CT molecular complexity index is 381. The van der Waals surface area contributed by atoms with Gasteiger partial charge in [-0.05, 0) is 50.3 Å². The first-order valence-corrected chi connectivity index (χ1v) is 6.48. The fourth-order valence-corrected chi connectivity index (χ4v) is 2.39. The molecule has 2 N–H and O–H groups in total. The molecule has 94 valence electrons. The molecule has 0 atom stereocenters. The van der Waals surface area contributed by atoms with Gasteiger partial charge in [0.25, 0.3) is 0 Å².